The molecule has 1 saturated carbocycles. The van der Waals surface area contributed by atoms with E-state index < -0.39 is 5.97 Å². The standard InChI is InChI=1S/C29H38N2O4/c1-2-3-4-5-6-21-7-12-23(13-8-21)29(33)35-26-15-9-22(10-16-26)11-18-28(32)34-20-24-19-25(30)14-17-27(24)31/h9-11,14-19,21,23H,2-8,12-13,20,30-31H2,1H3. The number of nitrogen functional groups attached to an aromatic ring is 2. The SMILES string of the molecule is CCCCCCC1CCC(C(=O)Oc2ccc(C=CC(=O)OCc3cc(N)ccc3N)cc2)CC1. The van der Waals surface area contributed by atoms with Gasteiger partial charge in [-0.05, 0) is 73.6 Å². The van der Waals surface area contributed by atoms with E-state index in [4.69, 9.17) is 20.9 Å². The average Bonchev–Trinajstić information content (AvgIpc) is 2.87. The molecule has 0 atom stereocenters. The predicted molar refractivity (Wildman–Crippen MR) is 140 cm³/mol. The van der Waals surface area contributed by atoms with Gasteiger partial charge in [0.15, 0.2) is 0 Å². The second-order valence-electron chi connectivity index (χ2n) is 9.46. The van der Waals surface area contributed by atoms with Crippen molar-refractivity contribution in [1.82, 2.24) is 0 Å². The van der Waals surface area contributed by atoms with Crippen LogP contribution >= 0.6 is 0 Å². The summed E-state index contributed by atoms with van der Waals surface area (Å²) >= 11 is 0. The zero-order valence-electron chi connectivity index (χ0n) is 20.7. The second-order valence-corrected chi connectivity index (χ2v) is 9.46. The van der Waals surface area contributed by atoms with Gasteiger partial charge in [0.1, 0.15) is 12.4 Å². The smallest absolute Gasteiger partial charge is 0.331 e. The van der Waals surface area contributed by atoms with E-state index in [-0.39, 0.29) is 18.5 Å². The first-order valence-corrected chi connectivity index (χ1v) is 12.7. The zero-order chi connectivity index (χ0) is 25.0. The van der Waals surface area contributed by atoms with Gasteiger partial charge in [0.05, 0.1) is 5.92 Å². The Morgan fingerprint density at radius 1 is 0.971 bits per heavy atom. The maximum atomic E-state index is 12.6. The van der Waals surface area contributed by atoms with Crippen LogP contribution in [0.1, 0.15) is 75.8 Å². The van der Waals surface area contributed by atoms with Gasteiger partial charge in [-0.15, -0.1) is 0 Å². The van der Waals surface area contributed by atoms with Crippen molar-refractivity contribution < 1.29 is 19.1 Å². The lowest BCUT2D eigenvalue weighted by Crippen LogP contribution is -2.25. The van der Waals surface area contributed by atoms with E-state index in [0.29, 0.717) is 22.7 Å². The van der Waals surface area contributed by atoms with Crippen LogP contribution in [-0.2, 0) is 20.9 Å². The summed E-state index contributed by atoms with van der Waals surface area (Å²) in [7, 11) is 0. The van der Waals surface area contributed by atoms with Crippen LogP contribution in [-0.4, -0.2) is 11.9 Å². The minimum Gasteiger partial charge on any atom is -0.458 e. The highest BCUT2D eigenvalue weighted by molar-refractivity contribution is 5.87. The van der Waals surface area contributed by atoms with Gasteiger partial charge in [0, 0.05) is 23.0 Å². The van der Waals surface area contributed by atoms with Crippen molar-refractivity contribution in [3.05, 3.63) is 59.7 Å². The lowest BCUT2D eigenvalue weighted by Gasteiger charge is -2.27. The normalized spacial score (nSPS) is 17.9. The first-order chi connectivity index (χ1) is 16.9. The predicted octanol–water partition coefficient (Wildman–Crippen LogP) is 6.29. The molecule has 1 aliphatic carbocycles. The van der Waals surface area contributed by atoms with Gasteiger partial charge < -0.3 is 20.9 Å². The molecule has 6 nitrogen and oxygen atoms in total. The molecule has 0 aliphatic heterocycles. The number of unbranched alkanes of at least 4 members (excludes halogenated alkanes) is 3. The van der Waals surface area contributed by atoms with Crippen molar-refractivity contribution in [3.63, 3.8) is 0 Å². The number of carbonyl (C=O) groups is 2. The van der Waals surface area contributed by atoms with Crippen LogP contribution in [0.3, 0.4) is 0 Å². The molecule has 0 radical (unpaired) electrons. The molecule has 3 rings (SSSR count). The van der Waals surface area contributed by atoms with Crippen LogP contribution in [0.5, 0.6) is 5.75 Å². The van der Waals surface area contributed by atoms with E-state index in [1.165, 1.54) is 38.2 Å². The number of anilines is 2. The Morgan fingerprint density at radius 3 is 2.43 bits per heavy atom. The maximum Gasteiger partial charge on any atom is 0.331 e. The van der Waals surface area contributed by atoms with Gasteiger partial charge in [-0.1, -0.05) is 51.2 Å². The van der Waals surface area contributed by atoms with Crippen molar-refractivity contribution in [2.24, 2.45) is 11.8 Å². The number of ether oxygens (including phenoxy) is 2. The summed E-state index contributed by atoms with van der Waals surface area (Å²) in [6.07, 6.45) is 13.6. The molecule has 0 amide bonds. The highest BCUT2D eigenvalue weighted by Crippen LogP contribution is 2.33. The van der Waals surface area contributed by atoms with E-state index in [2.05, 4.69) is 6.92 Å². The number of hydrogen-bond acceptors (Lipinski definition) is 6. The quantitative estimate of drug-likeness (QED) is 0.129. The lowest BCUT2D eigenvalue weighted by atomic mass is 9.80. The van der Waals surface area contributed by atoms with Crippen molar-refractivity contribution >= 4 is 29.4 Å². The minimum atomic E-state index is -0.483. The van der Waals surface area contributed by atoms with Crippen molar-refractivity contribution in [3.8, 4) is 5.75 Å². The molecule has 35 heavy (non-hydrogen) atoms. The van der Waals surface area contributed by atoms with Gasteiger partial charge in [-0.3, -0.25) is 4.79 Å². The maximum absolute atomic E-state index is 12.6. The van der Waals surface area contributed by atoms with E-state index in [1.54, 1.807) is 48.5 Å². The van der Waals surface area contributed by atoms with Gasteiger partial charge in [0.2, 0.25) is 0 Å². The summed E-state index contributed by atoms with van der Waals surface area (Å²) in [5, 5.41) is 0. The monoisotopic (exact) mass is 478 g/mol. The summed E-state index contributed by atoms with van der Waals surface area (Å²) < 4.78 is 10.9. The third-order valence-electron chi connectivity index (χ3n) is 6.69. The topological polar surface area (TPSA) is 105 Å². The Labute approximate surface area is 208 Å². The molecule has 4 N–H and O–H groups in total. The molecule has 0 unspecified atom stereocenters. The molecule has 0 saturated heterocycles. The molecular formula is C29H38N2O4. The van der Waals surface area contributed by atoms with Crippen LogP contribution in [0.4, 0.5) is 11.4 Å². The fourth-order valence-corrected chi connectivity index (χ4v) is 4.51. The fraction of sp³-hybridized carbons (Fsp3) is 0.448. The van der Waals surface area contributed by atoms with E-state index in [1.807, 2.05) is 0 Å². The summed E-state index contributed by atoms with van der Waals surface area (Å²) in [6, 6.07) is 12.2. The number of nitrogens with two attached hydrogens (primary N) is 2. The van der Waals surface area contributed by atoms with Gasteiger partial charge in [-0.25, -0.2) is 4.79 Å². The van der Waals surface area contributed by atoms with Crippen molar-refractivity contribution in [1.29, 1.82) is 0 Å². The molecule has 0 heterocycles. The Morgan fingerprint density at radius 2 is 1.71 bits per heavy atom. The van der Waals surface area contributed by atoms with E-state index in [9.17, 15) is 9.59 Å². The molecule has 2 aromatic rings. The fourth-order valence-electron chi connectivity index (χ4n) is 4.51. The first kappa shape index (κ1) is 26.3. The number of hydrogen-bond donors (Lipinski definition) is 2. The van der Waals surface area contributed by atoms with Gasteiger partial charge >= 0.3 is 11.9 Å². The van der Waals surface area contributed by atoms with Gasteiger partial charge in [-0.2, -0.15) is 0 Å². The summed E-state index contributed by atoms with van der Waals surface area (Å²) in [4.78, 5) is 24.6. The molecule has 1 aliphatic rings. The molecule has 6 heteroatoms. The number of carbonyl (C=O) groups excluding carboxylic acids is 2. The second kappa shape index (κ2) is 13.6. The Balaban J connectivity index is 1.40. The van der Waals surface area contributed by atoms with E-state index >= 15 is 0 Å². The molecular weight excluding hydrogens is 440 g/mol. The number of benzene rings is 2. The summed E-state index contributed by atoms with van der Waals surface area (Å²) in [5.74, 6) is 0.654. The Kier molecular flexibility index (Phi) is 10.2. The lowest BCUT2D eigenvalue weighted by molar-refractivity contribution is -0.140. The third kappa shape index (κ3) is 8.78. The Hall–Kier alpha value is -3.28. The zero-order valence-corrected chi connectivity index (χ0v) is 20.7. The average molecular weight is 479 g/mol. The largest absolute Gasteiger partial charge is 0.458 e. The van der Waals surface area contributed by atoms with Crippen molar-refractivity contribution in [2.45, 2.75) is 71.3 Å². The number of esters is 2. The van der Waals surface area contributed by atoms with Crippen LogP contribution in [0, 0.1) is 11.8 Å². The highest BCUT2D eigenvalue weighted by Gasteiger charge is 2.27. The van der Waals surface area contributed by atoms with Crippen molar-refractivity contribution in [2.75, 3.05) is 11.5 Å². The van der Waals surface area contributed by atoms with Gasteiger partial charge in [0.25, 0.3) is 0 Å². The number of rotatable bonds is 11. The van der Waals surface area contributed by atoms with Crippen LogP contribution < -0.4 is 16.2 Å². The Bertz CT molecular complexity index is 992. The van der Waals surface area contributed by atoms with E-state index in [0.717, 1.165) is 37.2 Å². The molecule has 188 valence electrons. The molecule has 2 aromatic carbocycles. The highest BCUT2D eigenvalue weighted by atomic mass is 16.5. The molecule has 0 aromatic heterocycles. The first-order valence-electron chi connectivity index (χ1n) is 12.7. The van der Waals surface area contributed by atoms with Crippen LogP contribution in [0.15, 0.2) is 48.5 Å². The van der Waals surface area contributed by atoms with Crippen LogP contribution in [0.2, 0.25) is 0 Å². The summed E-state index contributed by atoms with van der Waals surface area (Å²) in [5.41, 5.74) is 14.2. The third-order valence-corrected chi connectivity index (χ3v) is 6.69. The van der Waals surface area contributed by atoms with Crippen LogP contribution in [0.25, 0.3) is 6.08 Å². The molecule has 1 fully saturated rings. The summed E-state index contributed by atoms with van der Waals surface area (Å²) in [6.45, 7) is 2.29. The minimum absolute atomic E-state index is 0.00904. The molecule has 0 spiro atoms. The molecule has 0 bridgehead atoms.